The van der Waals surface area contributed by atoms with Gasteiger partial charge >= 0.3 is 0 Å². The number of aromatic nitrogens is 2. The minimum atomic E-state index is -3.81. The van der Waals surface area contributed by atoms with Gasteiger partial charge in [-0.25, -0.2) is 13.4 Å². The van der Waals surface area contributed by atoms with Crippen molar-refractivity contribution in [2.45, 2.75) is 4.90 Å². The largest absolute Gasteiger partial charge is 0.457 e. The summed E-state index contributed by atoms with van der Waals surface area (Å²) in [6, 6.07) is 17.8. The number of thiazole rings is 1. The average Bonchev–Trinajstić information content (AvgIpc) is 3.16. The Morgan fingerprint density at radius 1 is 1.10 bits per heavy atom. The number of hydrogen-bond donors (Lipinski definition) is 1. The van der Waals surface area contributed by atoms with E-state index in [0.29, 0.717) is 16.4 Å². The lowest BCUT2D eigenvalue weighted by atomic mass is 10.3. The molecule has 8 nitrogen and oxygen atoms in total. The van der Waals surface area contributed by atoms with Crippen molar-refractivity contribution in [1.29, 1.82) is 0 Å². The molecule has 2 aromatic carbocycles. The number of sulfonamides is 1. The van der Waals surface area contributed by atoms with Crippen LogP contribution in [0.2, 0.25) is 0 Å². The summed E-state index contributed by atoms with van der Waals surface area (Å²) in [5.74, 6) is 0.884. The van der Waals surface area contributed by atoms with Gasteiger partial charge in [-0.15, -0.1) is 0 Å². The number of hydrogen-bond acceptors (Lipinski definition) is 7. The van der Waals surface area contributed by atoms with Crippen molar-refractivity contribution in [3.63, 3.8) is 0 Å². The first-order valence-electron chi connectivity index (χ1n) is 9.21. The number of anilines is 1. The number of carbonyl (C=O) groups is 1. The SMILES string of the molecule is CN(CC(=O)Nc1nc2ccc(Oc3ccccc3)cc2s1)S(=O)(=O)c1cccnc1. The van der Waals surface area contributed by atoms with Crippen LogP contribution in [0.25, 0.3) is 10.2 Å². The Kier molecular flexibility index (Phi) is 5.94. The minimum absolute atomic E-state index is 0.0243. The van der Waals surface area contributed by atoms with Gasteiger partial charge < -0.3 is 10.1 Å². The first kappa shape index (κ1) is 20.9. The van der Waals surface area contributed by atoms with Crippen molar-refractivity contribution in [2.24, 2.45) is 0 Å². The van der Waals surface area contributed by atoms with E-state index in [2.05, 4.69) is 15.3 Å². The van der Waals surface area contributed by atoms with Crippen molar-refractivity contribution in [3.05, 3.63) is 73.1 Å². The zero-order valence-electron chi connectivity index (χ0n) is 16.4. The molecule has 158 valence electrons. The Hall–Kier alpha value is -3.34. The molecule has 0 spiro atoms. The lowest BCUT2D eigenvalue weighted by molar-refractivity contribution is -0.116. The zero-order valence-corrected chi connectivity index (χ0v) is 18.1. The minimum Gasteiger partial charge on any atom is -0.457 e. The molecule has 10 heteroatoms. The topological polar surface area (TPSA) is 101 Å². The van der Waals surface area contributed by atoms with Crippen LogP contribution in [0.4, 0.5) is 5.13 Å². The zero-order chi connectivity index (χ0) is 21.8. The molecule has 1 N–H and O–H groups in total. The molecule has 31 heavy (non-hydrogen) atoms. The normalized spacial score (nSPS) is 11.5. The average molecular weight is 455 g/mol. The monoisotopic (exact) mass is 454 g/mol. The molecule has 4 aromatic rings. The van der Waals surface area contributed by atoms with Gasteiger partial charge in [0.1, 0.15) is 16.4 Å². The van der Waals surface area contributed by atoms with E-state index in [1.54, 1.807) is 12.1 Å². The second-order valence-electron chi connectivity index (χ2n) is 6.56. The van der Waals surface area contributed by atoms with Gasteiger partial charge in [0.15, 0.2) is 5.13 Å². The van der Waals surface area contributed by atoms with Gasteiger partial charge in [-0.3, -0.25) is 9.78 Å². The van der Waals surface area contributed by atoms with Crippen molar-refractivity contribution >= 4 is 42.6 Å². The fourth-order valence-corrected chi connectivity index (χ4v) is 4.77. The molecule has 0 saturated heterocycles. The second-order valence-corrected chi connectivity index (χ2v) is 9.64. The number of ether oxygens (including phenoxy) is 1. The van der Waals surface area contributed by atoms with Crippen LogP contribution in [0, 0.1) is 0 Å². The van der Waals surface area contributed by atoms with Crippen LogP contribution in [-0.2, 0) is 14.8 Å². The number of amides is 1. The highest BCUT2D eigenvalue weighted by molar-refractivity contribution is 7.89. The van der Waals surface area contributed by atoms with Gasteiger partial charge in [0.2, 0.25) is 15.9 Å². The summed E-state index contributed by atoms with van der Waals surface area (Å²) < 4.78 is 32.7. The number of rotatable bonds is 7. The Balaban J connectivity index is 1.44. The van der Waals surface area contributed by atoms with Crippen molar-refractivity contribution in [1.82, 2.24) is 14.3 Å². The van der Waals surface area contributed by atoms with Crippen molar-refractivity contribution in [2.75, 3.05) is 18.9 Å². The van der Waals surface area contributed by atoms with E-state index in [0.717, 1.165) is 14.8 Å². The maximum absolute atomic E-state index is 12.5. The van der Waals surface area contributed by atoms with Crippen molar-refractivity contribution in [3.8, 4) is 11.5 Å². The molecule has 0 aliphatic heterocycles. The van der Waals surface area contributed by atoms with Gasteiger partial charge in [-0.05, 0) is 36.4 Å². The summed E-state index contributed by atoms with van der Waals surface area (Å²) in [6.45, 7) is -0.352. The number of carbonyl (C=O) groups excluding carboxylic acids is 1. The van der Waals surface area contributed by atoms with Crippen LogP contribution in [-0.4, -0.2) is 42.2 Å². The van der Waals surface area contributed by atoms with Crippen molar-refractivity contribution < 1.29 is 17.9 Å². The summed E-state index contributed by atoms with van der Waals surface area (Å²) in [5.41, 5.74) is 0.706. The summed E-state index contributed by atoms with van der Waals surface area (Å²) in [5, 5.41) is 3.04. The predicted molar refractivity (Wildman–Crippen MR) is 119 cm³/mol. The van der Waals surface area contributed by atoms with Crippen LogP contribution in [0.5, 0.6) is 11.5 Å². The lowest BCUT2D eigenvalue weighted by Crippen LogP contribution is -2.35. The summed E-state index contributed by atoms with van der Waals surface area (Å²) in [6.07, 6.45) is 2.72. The van der Waals surface area contributed by atoms with Crippen LogP contribution in [0.3, 0.4) is 0 Å². The molecule has 4 rings (SSSR count). The van der Waals surface area contributed by atoms with Gasteiger partial charge in [-0.1, -0.05) is 29.5 Å². The molecule has 0 saturated carbocycles. The Labute approximate surface area is 183 Å². The summed E-state index contributed by atoms with van der Waals surface area (Å²) in [4.78, 5) is 20.6. The highest BCUT2D eigenvalue weighted by atomic mass is 32.2. The maximum atomic E-state index is 12.5. The first-order valence-corrected chi connectivity index (χ1v) is 11.5. The predicted octanol–water partition coefficient (Wildman–Crippen LogP) is 3.74. The number of pyridine rings is 1. The number of fused-ring (bicyclic) bond motifs is 1. The van der Waals surface area contributed by atoms with Gasteiger partial charge in [0.25, 0.3) is 0 Å². The molecule has 2 heterocycles. The molecule has 0 bridgehead atoms. The third kappa shape index (κ3) is 4.88. The number of nitrogens with one attached hydrogen (secondary N) is 1. The molecule has 0 unspecified atom stereocenters. The van der Waals surface area contributed by atoms with Crippen LogP contribution in [0.15, 0.2) is 78.0 Å². The number of para-hydroxylation sites is 1. The van der Waals surface area contributed by atoms with E-state index in [4.69, 9.17) is 4.74 Å². The molecule has 0 aliphatic rings. The molecule has 0 fully saturated rings. The number of benzene rings is 2. The molecule has 0 aliphatic carbocycles. The highest BCUT2D eigenvalue weighted by Gasteiger charge is 2.23. The van der Waals surface area contributed by atoms with E-state index in [9.17, 15) is 13.2 Å². The maximum Gasteiger partial charge on any atom is 0.244 e. The smallest absolute Gasteiger partial charge is 0.244 e. The van der Waals surface area contributed by atoms with Gasteiger partial charge in [0, 0.05) is 25.5 Å². The Morgan fingerprint density at radius 3 is 2.65 bits per heavy atom. The van der Waals surface area contributed by atoms with E-state index >= 15 is 0 Å². The molecule has 1 amide bonds. The van der Waals surface area contributed by atoms with E-state index in [1.807, 2.05) is 36.4 Å². The molecule has 2 aromatic heterocycles. The lowest BCUT2D eigenvalue weighted by Gasteiger charge is -2.16. The standard InChI is InChI=1S/C21H18N4O4S2/c1-25(31(27,28)17-8-5-11-22-13-17)14-20(26)24-21-23-18-10-9-16(12-19(18)30-21)29-15-6-3-2-4-7-15/h2-13H,14H2,1H3,(H,23,24,26). The Morgan fingerprint density at radius 2 is 1.90 bits per heavy atom. The first-order chi connectivity index (χ1) is 14.9. The fraction of sp³-hybridized carbons (Fsp3) is 0.0952. The van der Waals surface area contributed by atoms with E-state index < -0.39 is 15.9 Å². The third-order valence-electron chi connectivity index (χ3n) is 4.29. The highest BCUT2D eigenvalue weighted by Crippen LogP contribution is 2.31. The molecular weight excluding hydrogens is 436 g/mol. The van der Waals surface area contributed by atoms with Crippen LogP contribution >= 0.6 is 11.3 Å². The van der Waals surface area contributed by atoms with E-state index in [1.165, 1.54) is 42.9 Å². The van der Waals surface area contributed by atoms with E-state index in [-0.39, 0.29) is 11.4 Å². The Bertz CT molecular complexity index is 1310. The third-order valence-corrected chi connectivity index (χ3v) is 7.01. The van der Waals surface area contributed by atoms with Gasteiger partial charge in [0.05, 0.1) is 16.8 Å². The van der Waals surface area contributed by atoms with Crippen LogP contribution in [0.1, 0.15) is 0 Å². The second kappa shape index (κ2) is 8.80. The van der Waals surface area contributed by atoms with Crippen LogP contribution < -0.4 is 10.1 Å². The quantitative estimate of drug-likeness (QED) is 0.456. The molecule has 0 radical (unpaired) electrons. The summed E-state index contributed by atoms with van der Waals surface area (Å²) >= 11 is 1.28. The number of likely N-dealkylation sites (N-methyl/N-ethyl adjacent to an activating group) is 1. The molecule has 0 atom stereocenters. The van der Waals surface area contributed by atoms with Gasteiger partial charge in [-0.2, -0.15) is 4.31 Å². The fourth-order valence-electron chi connectivity index (χ4n) is 2.77. The number of nitrogens with zero attached hydrogens (tertiary/aromatic N) is 3. The molecular formula is C21H18N4O4S2. The summed E-state index contributed by atoms with van der Waals surface area (Å²) in [7, 11) is -2.47.